The smallest absolute Gasteiger partial charge is 0.228 e. The van der Waals surface area contributed by atoms with E-state index in [9.17, 15) is 0 Å². The Kier molecular flexibility index (Phi) is 7.35. The molecule has 0 saturated carbocycles. The zero-order valence-corrected chi connectivity index (χ0v) is 12.7. The fourth-order valence-corrected chi connectivity index (χ4v) is 2.47. The Morgan fingerprint density at radius 2 is 2.11 bits per heavy atom. The van der Waals surface area contributed by atoms with Gasteiger partial charge in [-0.2, -0.15) is 16.7 Å². The molecule has 0 aliphatic carbocycles. The van der Waals surface area contributed by atoms with Gasteiger partial charge in [0.2, 0.25) is 5.89 Å². The van der Waals surface area contributed by atoms with Crippen LogP contribution in [0.1, 0.15) is 45.8 Å². The van der Waals surface area contributed by atoms with Crippen molar-refractivity contribution in [2.24, 2.45) is 5.92 Å². The van der Waals surface area contributed by atoms with Gasteiger partial charge in [0.1, 0.15) is 0 Å². The van der Waals surface area contributed by atoms with Gasteiger partial charge >= 0.3 is 0 Å². The summed E-state index contributed by atoms with van der Waals surface area (Å²) in [6.07, 6.45) is 2.00. The van der Waals surface area contributed by atoms with Gasteiger partial charge in [0.05, 0.1) is 5.75 Å². The number of nitrogens with one attached hydrogen (secondary N) is 1. The van der Waals surface area contributed by atoms with Crippen molar-refractivity contribution in [1.82, 2.24) is 15.5 Å². The van der Waals surface area contributed by atoms with E-state index in [0.717, 1.165) is 36.2 Å². The highest BCUT2D eigenvalue weighted by Gasteiger charge is 2.16. The van der Waals surface area contributed by atoms with Gasteiger partial charge in [-0.3, -0.25) is 0 Å². The average molecular weight is 271 g/mol. The molecule has 0 amide bonds. The molecular weight excluding hydrogens is 246 g/mol. The van der Waals surface area contributed by atoms with Crippen LogP contribution in [0.4, 0.5) is 0 Å². The van der Waals surface area contributed by atoms with E-state index in [0.29, 0.717) is 12.0 Å². The molecule has 0 aliphatic rings. The molecule has 0 bridgehead atoms. The first-order valence-corrected chi connectivity index (χ1v) is 7.95. The summed E-state index contributed by atoms with van der Waals surface area (Å²) in [4.78, 5) is 4.45. The largest absolute Gasteiger partial charge is 0.339 e. The summed E-state index contributed by atoms with van der Waals surface area (Å²) in [5, 5.41) is 7.48. The van der Waals surface area contributed by atoms with Crippen molar-refractivity contribution in [3.8, 4) is 0 Å². The van der Waals surface area contributed by atoms with Crippen LogP contribution in [0.15, 0.2) is 4.52 Å². The number of thioether (sulfide) groups is 1. The lowest BCUT2D eigenvalue weighted by atomic mass is 10.0. The van der Waals surface area contributed by atoms with E-state index in [1.165, 1.54) is 6.42 Å². The molecule has 4 nitrogen and oxygen atoms in total. The summed E-state index contributed by atoms with van der Waals surface area (Å²) in [6.45, 7) is 9.69. The fraction of sp³-hybridized carbons (Fsp3) is 0.846. The van der Waals surface area contributed by atoms with Crippen LogP contribution < -0.4 is 5.32 Å². The van der Waals surface area contributed by atoms with Gasteiger partial charge in [-0.25, -0.2) is 0 Å². The molecule has 0 fully saturated rings. The van der Waals surface area contributed by atoms with Crippen LogP contribution in [-0.2, 0) is 12.2 Å². The van der Waals surface area contributed by atoms with Crippen molar-refractivity contribution >= 4 is 11.8 Å². The van der Waals surface area contributed by atoms with Crippen LogP contribution >= 0.6 is 11.8 Å². The molecule has 0 radical (unpaired) electrons. The van der Waals surface area contributed by atoms with Crippen LogP contribution in [0, 0.1) is 5.92 Å². The zero-order chi connectivity index (χ0) is 13.4. The van der Waals surface area contributed by atoms with Gasteiger partial charge < -0.3 is 9.84 Å². The highest BCUT2D eigenvalue weighted by molar-refractivity contribution is 7.98. The van der Waals surface area contributed by atoms with Gasteiger partial charge in [0.15, 0.2) is 5.82 Å². The number of rotatable bonds is 9. The van der Waals surface area contributed by atoms with E-state index in [2.05, 4.69) is 43.2 Å². The Hall–Kier alpha value is -0.550. The standard InChI is InChI=1S/C13H25N3OS/c1-5-7-18-9-12-15-13(17-16-12)8-11(10(3)4)14-6-2/h10-11,14H,5-9H2,1-4H3. The molecule has 0 saturated heterocycles. The Labute approximate surface area is 114 Å². The second-order valence-electron chi connectivity index (χ2n) is 4.77. The summed E-state index contributed by atoms with van der Waals surface area (Å²) in [5.74, 6) is 4.14. The number of hydrogen-bond donors (Lipinski definition) is 1. The third-order valence-electron chi connectivity index (χ3n) is 2.76. The molecule has 1 atom stereocenters. The molecular formula is C13H25N3OS. The van der Waals surface area contributed by atoms with Crippen LogP contribution in [-0.4, -0.2) is 28.5 Å². The van der Waals surface area contributed by atoms with E-state index >= 15 is 0 Å². The number of nitrogens with zero attached hydrogens (tertiary/aromatic N) is 2. The summed E-state index contributed by atoms with van der Waals surface area (Å²) < 4.78 is 5.31. The third-order valence-corrected chi connectivity index (χ3v) is 3.91. The van der Waals surface area contributed by atoms with Crippen molar-refractivity contribution in [1.29, 1.82) is 0 Å². The normalized spacial score (nSPS) is 13.2. The molecule has 104 valence electrons. The summed E-state index contributed by atoms with van der Waals surface area (Å²) in [5.41, 5.74) is 0. The van der Waals surface area contributed by atoms with Gasteiger partial charge in [-0.1, -0.05) is 32.9 Å². The van der Waals surface area contributed by atoms with Gasteiger partial charge in [0.25, 0.3) is 0 Å². The van der Waals surface area contributed by atoms with Crippen molar-refractivity contribution in [3.63, 3.8) is 0 Å². The maximum atomic E-state index is 5.31. The van der Waals surface area contributed by atoms with Gasteiger partial charge in [-0.05, 0) is 24.6 Å². The SMILES string of the molecule is CCCSCc1noc(CC(NCC)C(C)C)n1. The first-order valence-electron chi connectivity index (χ1n) is 6.79. The molecule has 18 heavy (non-hydrogen) atoms. The van der Waals surface area contributed by atoms with Crippen LogP contribution in [0.5, 0.6) is 0 Å². The fourth-order valence-electron chi connectivity index (χ4n) is 1.73. The van der Waals surface area contributed by atoms with E-state index in [4.69, 9.17) is 4.52 Å². The van der Waals surface area contributed by atoms with Crippen molar-refractivity contribution in [2.75, 3.05) is 12.3 Å². The Morgan fingerprint density at radius 1 is 1.33 bits per heavy atom. The minimum Gasteiger partial charge on any atom is -0.339 e. The minimum atomic E-state index is 0.409. The van der Waals surface area contributed by atoms with Crippen LogP contribution in [0.2, 0.25) is 0 Å². The first-order chi connectivity index (χ1) is 8.67. The zero-order valence-electron chi connectivity index (χ0n) is 11.9. The van der Waals surface area contributed by atoms with Crippen LogP contribution in [0.25, 0.3) is 0 Å². The number of likely N-dealkylation sites (N-methyl/N-ethyl adjacent to an activating group) is 1. The Balaban J connectivity index is 2.46. The molecule has 1 aromatic heterocycles. The molecule has 1 heterocycles. The number of hydrogen-bond acceptors (Lipinski definition) is 5. The Morgan fingerprint density at radius 3 is 2.72 bits per heavy atom. The predicted octanol–water partition coefficient (Wildman–Crippen LogP) is 2.89. The monoisotopic (exact) mass is 271 g/mol. The maximum Gasteiger partial charge on any atom is 0.228 e. The molecule has 1 N–H and O–H groups in total. The van der Waals surface area contributed by atoms with E-state index in [1.54, 1.807) is 0 Å². The summed E-state index contributed by atoms with van der Waals surface area (Å²) >= 11 is 1.85. The van der Waals surface area contributed by atoms with Crippen molar-refractivity contribution in [2.45, 2.75) is 52.3 Å². The van der Waals surface area contributed by atoms with E-state index < -0.39 is 0 Å². The summed E-state index contributed by atoms with van der Waals surface area (Å²) in [6, 6.07) is 0.409. The van der Waals surface area contributed by atoms with Gasteiger partial charge in [0, 0.05) is 12.5 Å². The lowest BCUT2D eigenvalue weighted by molar-refractivity contribution is 0.327. The molecule has 0 spiro atoms. The summed E-state index contributed by atoms with van der Waals surface area (Å²) in [7, 11) is 0. The predicted molar refractivity (Wildman–Crippen MR) is 76.8 cm³/mol. The molecule has 1 rings (SSSR count). The quantitative estimate of drug-likeness (QED) is 0.700. The molecule has 5 heteroatoms. The minimum absolute atomic E-state index is 0.409. The average Bonchev–Trinajstić information content (AvgIpc) is 2.76. The molecule has 0 aromatic carbocycles. The number of aromatic nitrogens is 2. The third kappa shape index (κ3) is 5.40. The van der Waals surface area contributed by atoms with E-state index in [-0.39, 0.29) is 0 Å². The topological polar surface area (TPSA) is 51.0 Å². The highest BCUT2D eigenvalue weighted by atomic mass is 32.2. The maximum absolute atomic E-state index is 5.31. The highest BCUT2D eigenvalue weighted by Crippen LogP contribution is 2.13. The van der Waals surface area contributed by atoms with Crippen LogP contribution in [0.3, 0.4) is 0 Å². The lowest BCUT2D eigenvalue weighted by Gasteiger charge is -2.19. The first kappa shape index (κ1) is 15.5. The van der Waals surface area contributed by atoms with Crippen molar-refractivity contribution in [3.05, 3.63) is 11.7 Å². The molecule has 0 aliphatic heterocycles. The second kappa shape index (κ2) is 8.53. The second-order valence-corrected chi connectivity index (χ2v) is 5.87. The molecule has 1 aromatic rings. The van der Waals surface area contributed by atoms with Gasteiger partial charge in [-0.15, -0.1) is 0 Å². The Bertz CT molecular complexity index is 328. The lowest BCUT2D eigenvalue weighted by Crippen LogP contribution is -2.35. The van der Waals surface area contributed by atoms with E-state index in [1.807, 2.05) is 11.8 Å². The van der Waals surface area contributed by atoms with Crippen molar-refractivity contribution < 1.29 is 4.52 Å². The molecule has 1 unspecified atom stereocenters.